The highest BCUT2D eigenvalue weighted by Gasteiger charge is 2.18. The van der Waals surface area contributed by atoms with E-state index in [-0.39, 0.29) is 0 Å². The topological polar surface area (TPSA) is 20.2 Å². The van der Waals surface area contributed by atoms with Gasteiger partial charge in [0.25, 0.3) is 0 Å². The largest absolute Gasteiger partial charge is 0.354 e. The van der Waals surface area contributed by atoms with Gasteiger partial charge in [0.1, 0.15) is 0 Å². The van der Waals surface area contributed by atoms with E-state index in [4.69, 9.17) is 0 Å². The van der Waals surface area contributed by atoms with Crippen molar-refractivity contribution in [3.63, 3.8) is 0 Å². The molecule has 0 amide bonds. The van der Waals surface area contributed by atoms with Gasteiger partial charge >= 0.3 is 0 Å². The van der Waals surface area contributed by atoms with Crippen molar-refractivity contribution >= 4 is 34.0 Å². The molecule has 0 saturated carbocycles. The highest BCUT2D eigenvalue weighted by molar-refractivity contribution is 8.00. The summed E-state index contributed by atoms with van der Waals surface area (Å²) in [6.07, 6.45) is 2.17. The Morgan fingerprint density at radius 2 is 1.90 bits per heavy atom. The molecule has 0 radical (unpaired) electrons. The zero-order chi connectivity index (χ0) is 14.4. The normalized spacial score (nSPS) is 13.1. The van der Waals surface area contributed by atoms with Crippen LogP contribution in [0.15, 0.2) is 58.5 Å². The maximum Gasteiger partial charge on any atom is 0.0746 e. The zero-order valence-electron chi connectivity index (χ0n) is 12.1. The first-order valence-corrected chi connectivity index (χ1v) is 7.84. The van der Waals surface area contributed by atoms with Crippen LogP contribution in [0.1, 0.15) is 0 Å². The SMILES string of the molecule is CN(C)Cn1ccc2c3c(ccc21)Nc1ccccc1S3. The lowest BCUT2D eigenvalue weighted by Crippen LogP contribution is -2.15. The van der Waals surface area contributed by atoms with E-state index in [2.05, 4.69) is 77.5 Å². The lowest BCUT2D eigenvalue weighted by atomic mass is 10.2. The summed E-state index contributed by atoms with van der Waals surface area (Å²) >= 11 is 1.85. The van der Waals surface area contributed by atoms with Crippen LogP contribution in [0, 0.1) is 0 Å². The van der Waals surface area contributed by atoms with Crippen LogP contribution in [0.4, 0.5) is 11.4 Å². The van der Waals surface area contributed by atoms with Gasteiger partial charge in [-0.25, -0.2) is 0 Å². The molecular formula is C17H17N3S. The summed E-state index contributed by atoms with van der Waals surface area (Å²) in [4.78, 5) is 4.79. The van der Waals surface area contributed by atoms with Gasteiger partial charge in [-0.05, 0) is 44.4 Å². The molecule has 0 atom stereocenters. The molecule has 0 bridgehead atoms. The number of aromatic nitrogens is 1. The molecule has 4 rings (SSSR count). The fourth-order valence-corrected chi connectivity index (χ4v) is 3.90. The van der Waals surface area contributed by atoms with Gasteiger partial charge in [0.15, 0.2) is 0 Å². The number of benzene rings is 2. The van der Waals surface area contributed by atoms with Crippen molar-refractivity contribution in [3.8, 4) is 0 Å². The highest BCUT2D eigenvalue weighted by Crippen LogP contribution is 2.47. The molecule has 4 heteroatoms. The molecule has 3 nitrogen and oxygen atoms in total. The maximum atomic E-state index is 3.54. The van der Waals surface area contributed by atoms with Crippen molar-refractivity contribution < 1.29 is 0 Å². The van der Waals surface area contributed by atoms with Gasteiger partial charge in [0.05, 0.1) is 23.6 Å². The van der Waals surface area contributed by atoms with Gasteiger partial charge in [-0.15, -0.1) is 0 Å². The van der Waals surface area contributed by atoms with E-state index in [0.29, 0.717) is 0 Å². The lowest BCUT2D eigenvalue weighted by molar-refractivity contribution is 0.333. The first kappa shape index (κ1) is 12.8. The molecule has 0 spiro atoms. The second kappa shape index (κ2) is 4.83. The zero-order valence-corrected chi connectivity index (χ0v) is 12.9. The van der Waals surface area contributed by atoms with Crippen LogP contribution in [0.3, 0.4) is 0 Å². The molecule has 1 aliphatic rings. The smallest absolute Gasteiger partial charge is 0.0746 e. The predicted molar refractivity (Wildman–Crippen MR) is 89.5 cm³/mol. The van der Waals surface area contributed by atoms with Crippen LogP contribution in [0.25, 0.3) is 10.9 Å². The number of nitrogens with one attached hydrogen (secondary N) is 1. The fourth-order valence-electron chi connectivity index (χ4n) is 2.80. The standard InChI is InChI=1S/C17H17N3S/c1-19(2)11-20-10-9-12-15(20)8-7-14-17(12)21-16-6-4-3-5-13(16)18-14/h3-10,18H,11H2,1-2H3. The van der Waals surface area contributed by atoms with Gasteiger partial charge < -0.3 is 9.88 Å². The van der Waals surface area contributed by atoms with E-state index >= 15 is 0 Å². The number of para-hydroxylation sites is 1. The van der Waals surface area contributed by atoms with E-state index in [1.807, 2.05) is 11.8 Å². The third-order valence-corrected chi connectivity index (χ3v) is 4.93. The molecule has 1 aliphatic heterocycles. The molecule has 2 heterocycles. The first-order chi connectivity index (χ1) is 10.2. The lowest BCUT2D eigenvalue weighted by Gasteiger charge is -2.21. The summed E-state index contributed by atoms with van der Waals surface area (Å²) in [6.45, 7) is 0.900. The van der Waals surface area contributed by atoms with Gasteiger partial charge in [-0.1, -0.05) is 23.9 Å². The number of anilines is 2. The van der Waals surface area contributed by atoms with Gasteiger partial charge in [-0.2, -0.15) is 0 Å². The minimum absolute atomic E-state index is 0.900. The summed E-state index contributed by atoms with van der Waals surface area (Å²) in [5, 5.41) is 4.86. The van der Waals surface area contributed by atoms with Crippen molar-refractivity contribution in [2.75, 3.05) is 19.4 Å². The average Bonchev–Trinajstić information content (AvgIpc) is 2.88. The van der Waals surface area contributed by atoms with Gasteiger partial charge in [-0.3, -0.25) is 4.90 Å². The summed E-state index contributed by atoms with van der Waals surface area (Å²) in [5.74, 6) is 0. The minimum Gasteiger partial charge on any atom is -0.354 e. The van der Waals surface area contributed by atoms with Crippen LogP contribution in [0.2, 0.25) is 0 Å². The number of hydrogen-bond donors (Lipinski definition) is 1. The molecule has 0 aliphatic carbocycles. The third kappa shape index (κ3) is 2.11. The second-order valence-corrected chi connectivity index (χ2v) is 6.66. The molecule has 0 fully saturated rings. The Morgan fingerprint density at radius 1 is 1.05 bits per heavy atom. The van der Waals surface area contributed by atoms with E-state index < -0.39 is 0 Å². The number of hydrogen-bond acceptors (Lipinski definition) is 3. The van der Waals surface area contributed by atoms with Crippen LogP contribution in [-0.4, -0.2) is 23.6 Å². The average molecular weight is 295 g/mol. The van der Waals surface area contributed by atoms with E-state index in [9.17, 15) is 0 Å². The van der Waals surface area contributed by atoms with Crippen LogP contribution < -0.4 is 5.32 Å². The Bertz CT molecular complexity index is 820. The van der Waals surface area contributed by atoms with Crippen LogP contribution in [0.5, 0.6) is 0 Å². The van der Waals surface area contributed by atoms with E-state index in [1.54, 1.807) is 0 Å². The Labute approximate surface area is 128 Å². The first-order valence-electron chi connectivity index (χ1n) is 7.03. The van der Waals surface area contributed by atoms with Crippen LogP contribution in [-0.2, 0) is 6.67 Å². The fraction of sp³-hybridized carbons (Fsp3) is 0.176. The molecule has 1 N–H and O–H groups in total. The second-order valence-electron chi connectivity index (χ2n) is 5.60. The molecule has 1 aromatic heterocycles. The number of fused-ring (bicyclic) bond motifs is 4. The van der Waals surface area contributed by atoms with Crippen molar-refractivity contribution in [2.45, 2.75) is 16.5 Å². The molecule has 21 heavy (non-hydrogen) atoms. The molecule has 3 aromatic rings. The van der Waals surface area contributed by atoms with Gasteiger partial charge in [0, 0.05) is 21.4 Å². The molecule has 0 unspecified atom stereocenters. The van der Waals surface area contributed by atoms with Crippen LogP contribution >= 0.6 is 11.8 Å². The third-order valence-electron chi connectivity index (χ3n) is 3.71. The molecule has 0 saturated heterocycles. The molecule has 106 valence electrons. The van der Waals surface area contributed by atoms with Crippen molar-refractivity contribution in [1.29, 1.82) is 0 Å². The molecular weight excluding hydrogens is 278 g/mol. The Morgan fingerprint density at radius 3 is 2.76 bits per heavy atom. The summed E-state index contributed by atoms with van der Waals surface area (Å²) in [5.41, 5.74) is 3.69. The maximum absolute atomic E-state index is 3.54. The van der Waals surface area contributed by atoms with Crippen molar-refractivity contribution in [3.05, 3.63) is 48.7 Å². The minimum atomic E-state index is 0.900. The van der Waals surface area contributed by atoms with Crippen molar-refractivity contribution in [2.24, 2.45) is 0 Å². The van der Waals surface area contributed by atoms with Crippen molar-refractivity contribution in [1.82, 2.24) is 9.47 Å². The van der Waals surface area contributed by atoms with E-state index in [0.717, 1.165) is 6.67 Å². The Kier molecular flexibility index (Phi) is 2.94. The van der Waals surface area contributed by atoms with Gasteiger partial charge in [0.2, 0.25) is 0 Å². The number of nitrogens with zero attached hydrogens (tertiary/aromatic N) is 2. The Balaban J connectivity index is 1.84. The number of rotatable bonds is 2. The Hall–Kier alpha value is -1.91. The highest BCUT2D eigenvalue weighted by atomic mass is 32.2. The molecule has 2 aromatic carbocycles. The monoisotopic (exact) mass is 295 g/mol. The summed E-state index contributed by atoms with van der Waals surface area (Å²) in [7, 11) is 4.19. The van der Waals surface area contributed by atoms with E-state index in [1.165, 1.54) is 32.1 Å². The summed E-state index contributed by atoms with van der Waals surface area (Å²) < 4.78 is 2.29. The predicted octanol–water partition coefficient (Wildman–Crippen LogP) is 4.37. The summed E-state index contributed by atoms with van der Waals surface area (Å²) in [6, 6.07) is 15.1. The quantitative estimate of drug-likeness (QED) is 0.593.